The number of aromatic amines is 1. The average Bonchev–Trinajstić information content (AvgIpc) is 2.80. The SMILES string of the molecule is Cc1nc(-c2cccc(NN=C(C#N)C#N)c2)[nH]c1C. The van der Waals surface area contributed by atoms with Gasteiger partial charge in [0.15, 0.2) is 0 Å². The summed E-state index contributed by atoms with van der Waals surface area (Å²) in [6, 6.07) is 10.8. The van der Waals surface area contributed by atoms with Crippen LogP contribution in [0, 0.1) is 36.5 Å². The number of aromatic nitrogens is 2. The molecule has 0 aliphatic rings. The van der Waals surface area contributed by atoms with Gasteiger partial charge >= 0.3 is 0 Å². The molecule has 0 unspecified atom stereocenters. The van der Waals surface area contributed by atoms with E-state index < -0.39 is 0 Å². The predicted molar refractivity (Wildman–Crippen MR) is 75.8 cm³/mol. The molecule has 0 fully saturated rings. The molecular weight excluding hydrogens is 252 g/mol. The van der Waals surface area contributed by atoms with Crippen LogP contribution in [0.25, 0.3) is 11.4 Å². The fourth-order valence-corrected chi connectivity index (χ4v) is 1.62. The molecular formula is C14H12N6. The molecule has 0 atom stereocenters. The predicted octanol–water partition coefficient (Wildman–Crippen LogP) is 2.51. The summed E-state index contributed by atoms with van der Waals surface area (Å²) in [5.74, 6) is 0.772. The maximum atomic E-state index is 8.61. The molecule has 1 heterocycles. The van der Waals surface area contributed by atoms with Crippen molar-refractivity contribution < 1.29 is 0 Å². The summed E-state index contributed by atoms with van der Waals surface area (Å²) >= 11 is 0. The van der Waals surface area contributed by atoms with Crippen LogP contribution >= 0.6 is 0 Å². The minimum absolute atomic E-state index is 0.222. The Morgan fingerprint density at radius 3 is 2.65 bits per heavy atom. The Kier molecular flexibility index (Phi) is 3.78. The molecule has 6 nitrogen and oxygen atoms in total. The van der Waals surface area contributed by atoms with Gasteiger partial charge in [0.2, 0.25) is 5.71 Å². The number of anilines is 1. The Labute approximate surface area is 116 Å². The van der Waals surface area contributed by atoms with Crippen molar-refractivity contribution in [2.75, 3.05) is 5.43 Å². The Hall–Kier alpha value is -3.12. The van der Waals surface area contributed by atoms with E-state index in [0.717, 1.165) is 22.8 Å². The van der Waals surface area contributed by atoms with Crippen molar-refractivity contribution in [3.05, 3.63) is 35.7 Å². The molecule has 2 aromatic rings. The van der Waals surface area contributed by atoms with Crippen LogP contribution in [0.5, 0.6) is 0 Å². The van der Waals surface area contributed by atoms with E-state index in [0.29, 0.717) is 5.69 Å². The van der Waals surface area contributed by atoms with Gasteiger partial charge in [-0.15, -0.1) is 0 Å². The third-order valence-electron chi connectivity index (χ3n) is 2.77. The Morgan fingerprint density at radius 1 is 1.30 bits per heavy atom. The van der Waals surface area contributed by atoms with Crippen LogP contribution < -0.4 is 5.43 Å². The van der Waals surface area contributed by atoms with Crippen LogP contribution in [0.3, 0.4) is 0 Å². The molecule has 2 N–H and O–H groups in total. The van der Waals surface area contributed by atoms with Gasteiger partial charge in [-0.05, 0) is 26.0 Å². The lowest BCUT2D eigenvalue weighted by Crippen LogP contribution is -1.96. The summed E-state index contributed by atoms with van der Waals surface area (Å²) < 4.78 is 0. The number of aryl methyl sites for hydroxylation is 2. The van der Waals surface area contributed by atoms with Gasteiger partial charge in [0.25, 0.3) is 0 Å². The lowest BCUT2D eigenvalue weighted by molar-refractivity contribution is 1.22. The first kappa shape index (κ1) is 13.3. The molecule has 0 saturated carbocycles. The Bertz CT molecular complexity index is 706. The molecule has 2 rings (SSSR count). The minimum Gasteiger partial charge on any atom is -0.342 e. The van der Waals surface area contributed by atoms with E-state index in [1.165, 1.54) is 0 Å². The molecule has 0 saturated heterocycles. The molecule has 1 aromatic heterocycles. The van der Waals surface area contributed by atoms with Crippen molar-refractivity contribution in [1.29, 1.82) is 10.5 Å². The van der Waals surface area contributed by atoms with Crippen LogP contribution in [0.4, 0.5) is 5.69 Å². The van der Waals surface area contributed by atoms with E-state index in [1.807, 2.05) is 32.0 Å². The number of hydrazone groups is 1. The first-order valence-electron chi connectivity index (χ1n) is 5.91. The number of H-pyrrole nitrogens is 1. The summed E-state index contributed by atoms with van der Waals surface area (Å²) in [5, 5.41) is 20.9. The maximum absolute atomic E-state index is 8.61. The lowest BCUT2D eigenvalue weighted by atomic mass is 10.2. The fourth-order valence-electron chi connectivity index (χ4n) is 1.62. The summed E-state index contributed by atoms with van der Waals surface area (Å²) in [6.07, 6.45) is 0. The lowest BCUT2D eigenvalue weighted by Gasteiger charge is -2.02. The van der Waals surface area contributed by atoms with Crippen LogP contribution in [0.2, 0.25) is 0 Å². The number of nitrogens with one attached hydrogen (secondary N) is 2. The molecule has 98 valence electrons. The van der Waals surface area contributed by atoms with E-state index in [4.69, 9.17) is 10.5 Å². The van der Waals surface area contributed by atoms with Gasteiger partial charge in [-0.3, -0.25) is 5.43 Å². The normalized spacial score (nSPS) is 9.40. The highest BCUT2D eigenvalue weighted by Gasteiger charge is 2.05. The second kappa shape index (κ2) is 5.68. The second-order valence-corrected chi connectivity index (χ2v) is 4.17. The van der Waals surface area contributed by atoms with Crippen molar-refractivity contribution >= 4 is 11.4 Å². The summed E-state index contributed by atoms with van der Waals surface area (Å²) in [7, 11) is 0. The average molecular weight is 264 g/mol. The van der Waals surface area contributed by atoms with E-state index >= 15 is 0 Å². The van der Waals surface area contributed by atoms with E-state index in [9.17, 15) is 0 Å². The van der Waals surface area contributed by atoms with Gasteiger partial charge in [-0.2, -0.15) is 15.6 Å². The Morgan fingerprint density at radius 2 is 2.05 bits per heavy atom. The topological polar surface area (TPSA) is 101 Å². The first-order chi connectivity index (χ1) is 9.63. The third-order valence-corrected chi connectivity index (χ3v) is 2.77. The molecule has 0 aliphatic carbocycles. The van der Waals surface area contributed by atoms with Gasteiger partial charge in [0.05, 0.1) is 11.4 Å². The molecule has 0 aliphatic heterocycles. The van der Waals surface area contributed by atoms with Gasteiger partial charge < -0.3 is 4.98 Å². The smallest absolute Gasteiger partial charge is 0.237 e. The molecule has 20 heavy (non-hydrogen) atoms. The number of benzene rings is 1. The number of imidazole rings is 1. The van der Waals surface area contributed by atoms with Crippen molar-refractivity contribution in [3.63, 3.8) is 0 Å². The molecule has 6 heteroatoms. The minimum atomic E-state index is -0.222. The highest BCUT2D eigenvalue weighted by molar-refractivity contribution is 6.10. The number of hydrogen-bond acceptors (Lipinski definition) is 5. The number of rotatable bonds is 3. The number of hydrogen-bond donors (Lipinski definition) is 2. The van der Waals surface area contributed by atoms with Gasteiger partial charge in [-0.1, -0.05) is 12.1 Å². The van der Waals surface area contributed by atoms with E-state index in [-0.39, 0.29) is 5.71 Å². The number of nitrogens with zero attached hydrogens (tertiary/aromatic N) is 4. The zero-order chi connectivity index (χ0) is 14.5. The maximum Gasteiger partial charge on any atom is 0.237 e. The van der Waals surface area contributed by atoms with Crippen LogP contribution in [-0.4, -0.2) is 15.7 Å². The molecule has 1 aromatic carbocycles. The number of nitriles is 2. The van der Waals surface area contributed by atoms with Crippen molar-refractivity contribution in [3.8, 4) is 23.5 Å². The highest BCUT2D eigenvalue weighted by Crippen LogP contribution is 2.21. The largest absolute Gasteiger partial charge is 0.342 e. The van der Waals surface area contributed by atoms with Gasteiger partial charge in [0.1, 0.15) is 18.0 Å². The Balaban J connectivity index is 2.27. The quantitative estimate of drug-likeness (QED) is 0.657. The zero-order valence-corrected chi connectivity index (χ0v) is 11.1. The first-order valence-corrected chi connectivity index (χ1v) is 5.91. The standard InChI is InChI=1S/C14H12N6/c1-9-10(2)18-14(17-9)11-4-3-5-12(6-11)19-20-13(7-15)8-16/h3-6,19H,1-2H3,(H,17,18). The van der Waals surface area contributed by atoms with Crippen LogP contribution in [0.1, 0.15) is 11.4 Å². The van der Waals surface area contributed by atoms with Crippen molar-refractivity contribution in [2.24, 2.45) is 5.10 Å². The van der Waals surface area contributed by atoms with E-state index in [2.05, 4.69) is 20.5 Å². The molecule has 0 amide bonds. The van der Waals surface area contributed by atoms with Crippen LogP contribution in [0.15, 0.2) is 29.4 Å². The second-order valence-electron chi connectivity index (χ2n) is 4.17. The van der Waals surface area contributed by atoms with Crippen LogP contribution in [-0.2, 0) is 0 Å². The molecule has 0 bridgehead atoms. The molecule has 0 radical (unpaired) electrons. The van der Waals surface area contributed by atoms with Crippen molar-refractivity contribution in [2.45, 2.75) is 13.8 Å². The summed E-state index contributed by atoms with van der Waals surface area (Å²) in [6.45, 7) is 3.90. The van der Waals surface area contributed by atoms with Gasteiger partial charge in [0, 0.05) is 11.3 Å². The summed E-state index contributed by atoms with van der Waals surface area (Å²) in [4.78, 5) is 7.62. The monoisotopic (exact) mass is 264 g/mol. The van der Waals surface area contributed by atoms with Gasteiger partial charge in [-0.25, -0.2) is 4.98 Å². The third kappa shape index (κ3) is 2.82. The summed E-state index contributed by atoms with van der Waals surface area (Å²) in [5.41, 5.74) is 6.01. The highest BCUT2D eigenvalue weighted by atomic mass is 15.3. The van der Waals surface area contributed by atoms with E-state index in [1.54, 1.807) is 18.2 Å². The fraction of sp³-hybridized carbons (Fsp3) is 0.143. The zero-order valence-electron chi connectivity index (χ0n) is 11.1. The van der Waals surface area contributed by atoms with Crippen molar-refractivity contribution in [1.82, 2.24) is 9.97 Å². The molecule has 0 spiro atoms.